The fraction of sp³-hybridized carbons (Fsp3) is 0.429. The van der Waals surface area contributed by atoms with Gasteiger partial charge in [0.25, 0.3) is 5.91 Å². The van der Waals surface area contributed by atoms with Crippen LogP contribution in [0.3, 0.4) is 0 Å². The lowest BCUT2D eigenvalue weighted by Gasteiger charge is -2.29. The number of thiophene rings is 1. The summed E-state index contributed by atoms with van der Waals surface area (Å²) in [6.45, 7) is 2.68. The van der Waals surface area contributed by atoms with Gasteiger partial charge in [0.2, 0.25) is 0 Å². The van der Waals surface area contributed by atoms with Crippen LogP contribution in [0.1, 0.15) is 24.1 Å². The van der Waals surface area contributed by atoms with Crippen molar-refractivity contribution in [3.63, 3.8) is 0 Å². The number of carbonyl (C=O) groups excluding carboxylic acids is 1. The summed E-state index contributed by atoms with van der Waals surface area (Å²) in [5.41, 5.74) is 0.561. The first-order valence-corrected chi connectivity index (χ1v) is 8.97. The number of thiocarbonyl (C=S) groups is 1. The summed E-state index contributed by atoms with van der Waals surface area (Å²) in [6.07, 6.45) is 5.55. The third-order valence-electron chi connectivity index (χ3n) is 3.63. The van der Waals surface area contributed by atoms with Gasteiger partial charge in [0, 0.05) is 4.88 Å². The lowest BCUT2D eigenvalue weighted by molar-refractivity contribution is -0.123. The van der Waals surface area contributed by atoms with E-state index < -0.39 is 0 Å². The number of halogens is 1. The fourth-order valence-electron chi connectivity index (χ4n) is 2.55. The van der Waals surface area contributed by atoms with Crippen molar-refractivity contribution in [2.75, 3.05) is 19.8 Å². The molecule has 0 bridgehead atoms. The van der Waals surface area contributed by atoms with Gasteiger partial charge in [-0.1, -0.05) is 6.42 Å². The summed E-state index contributed by atoms with van der Waals surface area (Å²) >= 11 is 10.3. The lowest BCUT2D eigenvalue weighted by atomic mass is 10.1. The van der Waals surface area contributed by atoms with Crippen molar-refractivity contribution in [1.82, 2.24) is 15.1 Å². The molecule has 0 aliphatic carbocycles. The summed E-state index contributed by atoms with van der Waals surface area (Å²) in [5.74, 6) is -0.0323. The highest BCUT2D eigenvalue weighted by Gasteiger charge is 2.32. The second-order valence-corrected chi connectivity index (χ2v) is 8.06. The Balaban J connectivity index is 1.71. The Bertz CT molecular complexity index is 593. The van der Waals surface area contributed by atoms with E-state index >= 15 is 0 Å². The summed E-state index contributed by atoms with van der Waals surface area (Å²) in [6, 6.07) is 3.95. The number of carbonyl (C=O) groups is 1. The van der Waals surface area contributed by atoms with E-state index in [0.717, 1.165) is 21.8 Å². The number of nitrogens with one attached hydrogen (secondary N) is 1. The van der Waals surface area contributed by atoms with Gasteiger partial charge < -0.3 is 5.32 Å². The minimum absolute atomic E-state index is 0.0323. The molecule has 1 aromatic rings. The second kappa shape index (κ2) is 6.56. The number of nitrogens with zero attached hydrogens (tertiary/aromatic N) is 2. The Labute approximate surface area is 141 Å². The van der Waals surface area contributed by atoms with Gasteiger partial charge in [0.15, 0.2) is 5.11 Å². The highest BCUT2D eigenvalue weighted by atomic mass is 79.9. The van der Waals surface area contributed by atoms with Crippen molar-refractivity contribution < 1.29 is 4.79 Å². The molecule has 0 spiro atoms. The maximum atomic E-state index is 12.5. The molecule has 1 amide bonds. The van der Waals surface area contributed by atoms with Crippen LogP contribution in [0.25, 0.3) is 6.08 Å². The number of rotatable bonds is 3. The fourth-order valence-corrected chi connectivity index (χ4v) is 4.17. The Morgan fingerprint density at radius 3 is 2.76 bits per heavy atom. The van der Waals surface area contributed by atoms with Gasteiger partial charge in [-0.2, -0.15) is 0 Å². The molecule has 0 radical (unpaired) electrons. The predicted octanol–water partition coefficient (Wildman–Crippen LogP) is 3.01. The first kappa shape index (κ1) is 15.1. The molecule has 3 rings (SSSR count). The molecule has 0 atom stereocenters. The Morgan fingerprint density at radius 2 is 2.10 bits per heavy atom. The van der Waals surface area contributed by atoms with E-state index in [0.29, 0.717) is 17.5 Å². The molecule has 1 N–H and O–H groups in total. The van der Waals surface area contributed by atoms with Crippen molar-refractivity contribution in [2.45, 2.75) is 19.3 Å². The molecule has 3 heterocycles. The monoisotopic (exact) mass is 385 g/mol. The molecular formula is C14H16BrN3OS2. The molecule has 7 heteroatoms. The Morgan fingerprint density at radius 1 is 1.33 bits per heavy atom. The van der Waals surface area contributed by atoms with Crippen LogP contribution in [0.15, 0.2) is 21.6 Å². The topological polar surface area (TPSA) is 35.6 Å². The first-order chi connectivity index (χ1) is 10.1. The summed E-state index contributed by atoms with van der Waals surface area (Å²) < 4.78 is 1.05. The van der Waals surface area contributed by atoms with Gasteiger partial charge in [-0.25, -0.2) is 0 Å². The molecule has 112 valence electrons. The van der Waals surface area contributed by atoms with E-state index in [4.69, 9.17) is 12.2 Å². The molecule has 4 nitrogen and oxygen atoms in total. The van der Waals surface area contributed by atoms with Gasteiger partial charge in [-0.05, 0) is 72.3 Å². The van der Waals surface area contributed by atoms with E-state index in [-0.39, 0.29) is 5.91 Å². The molecule has 21 heavy (non-hydrogen) atoms. The van der Waals surface area contributed by atoms with Crippen LogP contribution in [0, 0.1) is 0 Å². The summed E-state index contributed by atoms with van der Waals surface area (Å²) in [4.78, 5) is 17.5. The molecule has 0 saturated carbocycles. The quantitative estimate of drug-likeness (QED) is 0.640. The predicted molar refractivity (Wildman–Crippen MR) is 92.9 cm³/mol. The van der Waals surface area contributed by atoms with Gasteiger partial charge in [0.1, 0.15) is 5.70 Å². The average Bonchev–Trinajstić information content (AvgIpc) is 2.99. The third kappa shape index (κ3) is 3.53. The zero-order valence-corrected chi connectivity index (χ0v) is 14.7. The molecule has 1 aromatic heterocycles. The van der Waals surface area contributed by atoms with E-state index in [9.17, 15) is 4.79 Å². The summed E-state index contributed by atoms with van der Waals surface area (Å²) in [5, 5.41) is 3.54. The van der Waals surface area contributed by atoms with Gasteiger partial charge >= 0.3 is 0 Å². The van der Waals surface area contributed by atoms with Crippen LogP contribution < -0.4 is 5.32 Å². The SMILES string of the molecule is O=C1/C(=C\c2ccc(Br)s2)NC(=S)N1CN1CCCCC1. The number of hydrogen-bond donors (Lipinski definition) is 1. The standard InChI is InChI=1S/C14H16BrN3OS2/c15-12-5-4-10(21-12)8-11-13(19)18(14(20)16-11)9-17-6-2-1-3-7-17/h4-5,8H,1-3,6-7,9H2,(H,16,20)/b11-8+. The van der Waals surface area contributed by atoms with Gasteiger partial charge in [0.05, 0.1) is 10.5 Å². The first-order valence-electron chi connectivity index (χ1n) is 6.96. The highest BCUT2D eigenvalue weighted by Crippen LogP contribution is 2.25. The van der Waals surface area contributed by atoms with E-state index in [2.05, 4.69) is 26.1 Å². The van der Waals surface area contributed by atoms with Gasteiger partial charge in [-0.3, -0.25) is 14.6 Å². The van der Waals surface area contributed by atoms with Crippen molar-refractivity contribution in [2.24, 2.45) is 0 Å². The normalized spacial score (nSPS) is 22.1. The van der Waals surface area contributed by atoms with Crippen LogP contribution in [0.2, 0.25) is 0 Å². The van der Waals surface area contributed by atoms with E-state index in [1.165, 1.54) is 19.3 Å². The summed E-state index contributed by atoms with van der Waals surface area (Å²) in [7, 11) is 0. The number of likely N-dealkylation sites (tertiary alicyclic amines) is 1. The smallest absolute Gasteiger partial charge is 0.277 e. The van der Waals surface area contributed by atoms with Crippen LogP contribution in [0.4, 0.5) is 0 Å². The third-order valence-corrected chi connectivity index (χ3v) is 5.53. The van der Waals surface area contributed by atoms with Crippen molar-refractivity contribution in [3.8, 4) is 0 Å². The molecule has 2 saturated heterocycles. The minimum Gasteiger partial charge on any atom is -0.328 e. The number of amides is 1. The molecular weight excluding hydrogens is 370 g/mol. The van der Waals surface area contributed by atoms with Crippen LogP contribution >= 0.6 is 39.5 Å². The van der Waals surface area contributed by atoms with E-state index in [1.807, 2.05) is 18.2 Å². The number of hydrogen-bond acceptors (Lipinski definition) is 4. The largest absolute Gasteiger partial charge is 0.328 e. The Hall–Kier alpha value is -0.760. The van der Waals surface area contributed by atoms with Crippen LogP contribution in [-0.2, 0) is 4.79 Å². The lowest BCUT2D eigenvalue weighted by Crippen LogP contribution is -2.43. The molecule has 0 aromatic carbocycles. The molecule has 2 aliphatic rings. The second-order valence-electron chi connectivity index (χ2n) is 5.18. The molecule has 2 fully saturated rings. The van der Waals surface area contributed by atoms with E-state index in [1.54, 1.807) is 16.2 Å². The van der Waals surface area contributed by atoms with Crippen LogP contribution in [0.5, 0.6) is 0 Å². The zero-order chi connectivity index (χ0) is 14.8. The maximum absolute atomic E-state index is 12.5. The average molecular weight is 386 g/mol. The maximum Gasteiger partial charge on any atom is 0.277 e. The van der Waals surface area contributed by atoms with Crippen LogP contribution in [-0.4, -0.2) is 40.6 Å². The zero-order valence-electron chi connectivity index (χ0n) is 11.5. The van der Waals surface area contributed by atoms with Crippen molar-refractivity contribution in [1.29, 1.82) is 0 Å². The van der Waals surface area contributed by atoms with Crippen molar-refractivity contribution in [3.05, 3.63) is 26.5 Å². The van der Waals surface area contributed by atoms with Crippen molar-refractivity contribution >= 4 is 56.6 Å². The minimum atomic E-state index is -0.0323. The molecule has 2 aliphatic heterocycles. The van der Waals surface area contributed by atoms with Gasteiger partial charge in [-0.15, -0.1) is 11.3 Å². The highest BCUT2D eigenvalue weighted by molar-refractivity contribution is 9.11. The molecule has 0 unspecified atom stereocenters. The Kier molecular flexibility index (Phi) is 4.73. The number of piperidine rings is 1.